The van der Waals surface area contributed by atoms with Gasteiger partial charge in [-0.1, -0.05) is 6.92 Å². The van der Waals surface area contributed by atoms with E-state index in [9.17, 15) is 13.2 Å². The maximum Gasteiger partial charge on any atom is 0.401 e. The van der Waals surface area contributed by atoms with Gasteiger partial charge in [0.25, 0.3) is 0 Å². The van der Waals surface area contributed by atoms with Crippen molar-refractivity contribution in [1.29, 1.82) is 0 Å². The van der Waals surface area contributed by atoms with Crippen molar-refractivity contribution in [2.75, 3.05) is 52.9 Å². The van der Waals surface area contributed by atoms with Gasteiger partial charge >= 0.3 is 6.18 Å². The number of hydrogen-bond donors (Lipinski definition) is 2. The van der Waals surface area contributed by atoms with Gasteiger partial charge in [0.05, 0.1) is 6.54 Å². The Morgan fingerprint density at radius 2 is 1.80 bits per heavy atom. The molecule has 2 rings (SSSR count). The molecule has 2 saturated heterocycles. The number of nitrogens with one attached hydrogen (secondary N) is 2. The van der Waals surface area contributed by atoms with E-state index < -0.39 is 12.7 Å². The molecule has 2 fully saturated rings. The molecular formula is C17H32F3N5. The average molecular weight is 363 g/mol. The van der Waals surface area contributed by atoms with Crippen LogP contribution in [0.3, 0.4) is 0 Å². The van der Waals surface area contributed by atoms with Gasteiger partial charge in [-0.15, -0.1) is 0 Å². The Bertz CT molecular complexity index is 419. The fourth-order valence-electron chi connectivity index (χ4n) is 3.72. The molecule has 5 nitrogen and oxygen atoms in total. The van der Waals surface area contributed by atoms with Gasteiger partial charge in [0.15, 0.2) is 5.96 Å². The summed E-state index contributed by atoms with van der Waals surface area (Å²) in [4.78, 5) is 8.14. The summed E-state index contributed by atoms with van der Waals surface area (Å²) in [6, 6.07) is 0.0290. The van der Waals surface area contributed by atoms with Crippen molar-refractivity contribution in [3.63, 3.8) is 0 Å². The Morgan fingerprint density at radius 3 is 2.40 bits per heavy atom. The number of piperidine rings is 1. The lowest BCUT2D eigenvalue weighted by atomic mass is 9.93. The first-order chi connectivity index (χ1) is 11.9. The van der Waals surface area contributed by atoms with E-state index in [1.165, 1.54) is 30.8 Å². The number of halogens is 3. The molecule has 0 aromatic rings. The molecule has 1 atom stereocenters. The zero-order chi connectivity index (χ0) is 18.3. The lowest BCUT2D eigenvalue weighted by Crippen LogP contribution is -2.45. The predicted molar refractivity (Wildman–Crippen MR) is 94.9 cm³/mol. The smallest absolute Gasteiger partial charge is 0.356 e. The highest BCUT2D eigenvalue weighted by Crippen LogP contribution is 2.20. The van der Waals surface area contributed by atoms with Crippen LogP contribution in [0.15, 0.2) is 4.99 Å². The van der Waals surface area contributed by atoms with Crippen LogP contribution >= 0.6 is 0 Å². The van der Waals surface area contributed by atoms with Gasteiger partial charge in [-0.05, 0) is 51.2 Å². The summed E-state index contributed by atoms with van der Waals surface area (Å²) in [7, 11) is 1.71. The van der Waals surface area contributed by atoms with Crippen molar-refractivity contribution in [2.24, 2.45) is 10.9 Å². The summed E-state index contributed by atoms with van der Waals surface area (Å²) in [5.74, 6) is 1.45. The summed E-state index contributed by atoms with van der Waals surface area (Å²) in [5, 5.41) is 6.57. The molecule has 1 unspecified atom stereocenters. The van der Waals surface area contributed by atoms with Crippen LogP contribution in [0.5, 0.6) is 0 Å². The van der Waals surface area contributed by atoms with E-state index in [4.69, 9.17) is 0 Å². The Hall–Kier alpha value is -1.02. The van der Waals surface area contributed by atoms with Gasteiger partial charge in [0, 0.05) is 32.7 Å². The van der Waals surface area contributed by atoms with Gasteiger partial charge in [-0.25, -0.2) is 0 Å². The standard InChI is InChI=1S/C17H32F3N5/c1-3-24-9-5-14(6-10-24)4-8-22-16(21-2)23-15-7-11-25(12-15)13-17(18,19)20/h14-15H,3-13H2,1-2H3,(H2,21,22,23). The van der Waals surface area contributed by atoms with Crippen LogP contribution in [0.25, 0.3) is 0 Å². The second kappa shape index (κ2) is 9.62. The van der Waals surface area contributed by atoms with Crippen LogP contribution in [-0.2, 0) is 0 Å². The van der Waals surface area contributed by atoms with Gasteiger partial charge < -0.3 is 15.5 Å². The molecule has 146 valence electrons. The van der Waals surface area contributed by atoms with E-state index in [2.05, 4.69) is 27.4 Å². The Morgan fingerprint density at radius 1 is 1.12 bits per heavy atom. The van der Waals surface area contributed by atoms with Crippen LogP contribution in [-0.4, -0.2) is 80.8 Å². The second-order valence-corrected chi connectivity index (χ2v) is 7.15. The minimum absolute atomic E-state index is 0.0290. The average Bonchev–Trinajstić information content (AvgIpc) is 2.99. The van der Waals surface area contributed by atoms with Gasteiger partial charge in [-0.3, -0.25) is 9.89 Å². The normalized spacial score (nSPS) is 24.7. The van der Waals surface area contributed by atoms with Crippen LogP contribution in [0.4, 0.5) is 13.2 Å². The first kappa shape index (κ1) is 20.3. The van der Waals surface area contributed by atoms with E-state index >= 15 is 0 Å². The maximum atomic E-state index is 12.5. The first-order valence-electron chi connectivity index (χ1n) is 9.38. The van der Waals surface area contributed by atoms with E-state index in [0.29, 0.717) is 25.5 Å². The SMILES string of the molecule is CCN1CCC(CCNC(=NC)NC2CCN(CC(F)(F)F)C2)CC1. The van der Waals surface area contributed by atoms with Crippen molar-refractivity contribution < 1.29 is 13.2 Å². The summed E-state index contributed by atoms with van der Waals surface area (Å²) < 4.78 is 37.4. The Balaban J connectivity index is 1.63. The summed E-state index contributed by atoms with van der Waals surface area (Å²) in [6.45, 7) is 6.63. The van der Waals surface area contributed by atoms with Crippen LogP contribution in [0.1, 0.15) is 32.6 Å². The maximum absolute atomic E-state index is 12.5. The van der Waals surface area contributed by atoms with Crippen molar-refractivity contribution in [2.45, 2.75) is 44.8 Å². The molecule has 2 aliphatic heterocycles. The zero-order valence-corrected chi connectivity index (χ0v) is 15.4. The Kier molecular flexibility index (Phi) is 7.81. The second-order valence-electron chi connectivity index (χ2n) is 7.15. The third-order valence-electron chi connectivity index (χ3n) is 5.24. The molecule has 2 heterocycles. The fourth-order valence-corrected chi connectivity index (χ4v) is 3.72. The first-order valence-corrected chi connectivity index (χ1v) is 9.38. The molecule has 0 spiro atoms. The molecule has 2 N–H and O–H groups in total. The number of nitrogens with zero attached hydrogens (tertiary/aromatic N) is 3. The van der Waals surface area contributed by atoms with Gasteiger partial charge in [0.1, 0.15) is 0 Å². The van der Waals surface area contributed by atoms with Crippen molar-refractivity contribution in [1.82, 2.24) is 20.4 Å². The largest absolute Gasteiger partial charge is 0.401 e. The third-order valence-corrected chi connectivity index (χ3v) is 5.24. The highest BCUT2D eigenvalue weighted by Gasteiger charge is 2.34. The van der Waals surface area contributed by atoms with Crippen molar-refractivity contribution in [3.8, 4) is 0 Å². The number of alkyl halides is 3. The fraction of sp³-hybridized carbons (Fsp3) is 0.941. The third kappa shape index (κ3) is 7.40. The highest BCUT2D eigenvalue weighted by molar-refractivity contribution is 5.79. The quantitative estimate of drug-likeness (QED) is 0.559. The van der Waals surface area contributed by atoms with Crippen molar-refractivity contribution in [3.05, 3.63) is 0 Å². The van der Waals surface area contributed by atoms with Crippen molar-refractivity contribution >= 4 is 5.96 Å². The number of likely N-dealkylation sites (tertiary alicyclic amines) is 2. The topological polar surface area (TPSA) is 42.9 Å². The number of rotatable bonds is 6. The van der Waals surface area contributed by atoms with Crippen LogP contribution < -0.4 is 10.6 Å². The molecule has 2 aliphatic rings. The van der Waals surface area contributed by atoms with Crippen LogP contribution in [0.2, 0.25) is 0 Å². The molecular weight excluding hydrogens is 331 g/mol. The minimum atomic E-state index is -4.12. The molecule has 25 heavy (non-hydrogen) atoms. The summed E-state index contributed by atoms with van der Waals surface area (Å²) in [5.41, 5.74) is 0. The molecule has 0 aromatic heterocycles. The molecule has 0 bridgehead atoms. The minimum Gasteiger partial charge on any atom is -0.356 e. The summed E-state index contributed by atoms with van der Waals surface area (Å²) in [6.07, 6.45) is 0.199. The molecule has 0 aliphatic carbocycles. The number of hydrogen-bond acceptors (Lipinski definition) is 3. The molecule has 0 radical (unpaired) electrons. The zero-order valence-electron chi connectivity index (χ0n) is 15.4. The molecule has 0 saturated carbocycles. The number of aliphatic imine (C=N–C) groups is 1. The lowest BCUT2D eigenvalue weighted by Gasteiger charge is -2.31. The molecule has 0 amide bonds. The predicted octanol–water partition coefficient (Wildman–Crippen LogP) is 1.91. The van der Waals surface area contributed by atoms with E-state index in [1.54, 1.807) is 7.05 Å². The lowest BCUT2D eigenvalue weighted by molar-refractivity contribution is -0.143. The van der Waals surface area contributed by atoms with Gasteiger partial charge in [-0.2, -0.15) is 13.2 Å². The van der Waals surface area contributed by atoms with Crippen LogP contribution in [0, 0.1) is 5.92 Å². The van der Waals surface area contributed by atoms with E-state index in [0.717, 1.165) is 25.4 Å². The summed E-state index contributed by atoms with van der Waals surface area (Å²) >= 11 is 0. The van der Waals surface area contributed by atoms with E-state index in [1.807, 2.05) is 0 Å². The Labute approximate surface area is 149 Å². The molecule has 8 heteroatoms. The molecule has 0 aromatic carbocycles. The monoisotopic (exact) mass is 363 g/mol. The van der Waals surface area contributed by atoms with E-state index in [-0.39, 0.29) is 6.04 Å². The highest BCUT2D eigenvalue weighted by atomic mass is 19.4. The van der Waals surface area contributed by atoms with Gasteiger partial charge in [0.2, 0.25) is 0 Å². The number of guanidine groups is 1.